The lowest BCUT2D eigenvalue weighted by Crippen LogP contribution is -2.29. The highest BCUT2D eigenvalue weighted by Gasteiger charge is 2.35. The van der Waals surface area contributed by atoms with Crippen molar-refractivity contribution in [2.45, 2.75) is 18.6 Å². The summed E-state index contributed by atoms with van der Waals surface area (Å²) >= 11 is 11.2. The molecule has 0 spiro atoms. The number of benzodiazepines with no additional fused rings is 1. The Bertz CT molecular complexity index is 803. The van der Waals surface area contributed by atoms with Crippen LogP contribution in [-0.4, -0.2) is 22.9 Å². The van der Waals surface area contributed by atoms with Crippen LogP contribution in [0.1, 0.15) is 17.5 Å². The predicted molar refractivity (Wildman–Crippen MR) is 94.2 cm³/mol. The lowest BCUT2D eigenvalue weighted by atomic mass is 10.0. The Hall–Kier alpha value is -1.92. The third kappa shape index (κ3) is 3.76. The van der Waals surface area contributed by atoms with E-state index in [0.29, 0.717) is 27.5 Å². The van der Waals surface area contributed by atoms with Crippen molar-refractivity contribution in [3.05, 3.63) is 64.7 Å². The predicted octanol–water partition coefficient (Wildman–Crippen LogP) is 5.25. The molecule has 3 rings (SSSR count). The van der Waals surface area contributed by atoms with Gasteiger partial charge in [0.05, 0.1) is 12.1 Å². The van der Waals surface area contributed by atoms with Crippen LogP contribution in [0, 0.1) is 0 Å². The molecule has 124 valence electrons. The highest BCUT2D eigenvalue weighted by atomic mass is 35.5. The molecular formula is C17H12ClF3N2S. The van der Waals surface area contributed by atoms with E-state index in [1.54, 1.807) is 42.5 Å². The average Bonchev–Trinajstić information content (AvgIpc) is 2.64. The molecule has 0 saturated heterocycles. The fraction of sp³-hybridized carbons (Fsp3) is 0.176. The minimum absolute atomic E-state index is 0.0434. The summed E-state index contributed by atoms with van der Waals surface area (Å²) in [5.41, 5.74) is 2.37. The highest BCUT2D eigenvalue weighted by molar-refractivity contribution is 7.80. The van der Waals surface area contributed by atoms with Gasteiger partial charge in [-0.3, -0.25) is 4.99 Å². The zero-order valence-corrected chi connectivity index (χ0v) is 13.8. The van der Waals surface area contributed by atoms with Crippen LogP contribution in [0.5, 0.6) is 0 Å². The van der Waals surface area contributed by atoms with E-state index < -0.39 is 18.6 Å². The summed E-state index contributed by atoms with van der Waals surface area (Å²) in [4.78, 5) is 4.37. The summed E-state index contributed by atoms with van der Waals surface area (Å²) in [6, 6.07) is 12.9. The number of anilines is 1. The van der Waals surface area contributed by atoms with Crippen LogP contribution in [0.3, 0.4) is 0 Å². The van der Waals surface area contributed by atoms with Crippen molar-refractivity contribution in [3.63, 3.8) is 0 Å². The fourth-order valence-corrected chi connectivity index (χ4v) is 2.92. The number of hydrogen-bond donors (Lipinski definition) is 1. The second kappa shape index (κ2) is 6.53. The van der Waals surface area contributed by atoms with Gasteiger partial charge in [-0.05, 0) is 18.2 Å². The standard InChI is InChI=1S/C17H12ClF3N2S/c18-11-6-7-13-12(8-11)15(10-4-2-1-3-5-10)22-14(16(24)23-13)9-17(19,20)21/h1-8,14H,9H2,(H,23,24). The molecular weight excluding hydrogens is 357 g/mol. The topological polar surface area (TPSA) is 24.4 Å². The molecule has 1 unspecified atom stereocenters. The molecule has 1 heterocycles. The molecule has 0 bridgehead atoms. The maximum atomic E-state index is 12.9. The van der Waals surface area contributed by atoms with Gasteiger partial charge in [0.25, 0.3) is 0 Å². The smallest absolute Gasteiger partial charge is 0.348 e. The van der Waals surface area contributed by atoms with E-state index in [2.05, 4.69) is 10.3 Å². The highest BCUT2D eigenvalue weighted by Crippen LogP contribution is 2.31. The Labute approximate surface area is 147 Å². The van der Waals surface area contributed by atoms with Crippen LogP contribution in [0.15, 0.2) is 53.5 Å². The second-order valence-electron chi connectivity index (χ2n) is 5.36. The number of aliphatic imine (C=N–C) groups is 1. The zero-order chi connectivity index (χ0) is 17.3. The van der Waals surface area contributed by atoms with Gasteiger partial charge in [-0.1, -0.05) is 54.2 Å². The Morgan fingerprint density at radius 3 is 2.50 bits per heavy atom. The maximum absolute atomic E-state index is 12.9. The summed E-state index contributed by atoms with van der Waals surface area (Å²) in [5.74, 6) is 0. The molecule has 0 fully saturated rings. The van der Waals surface area contributed by atoms with Gasteiger partial charge in [0.1, 0.15) is 11.0 Å². The van der Waals surface area contributed by atoms with Crippen molar-refractivity contribution in [1.82, 2.24) is 0 Å². The maximum Gasteiger partial charge on any atom is 0.391 e. The molecule has 1 aliphatic rings. The van der Waals surface area contributed by atoms with Gasteiger partial charge in [0, 0.05) is 21.8 Å². The number of rotatable bonds is 2. The lowest BCUT2D eigenvalue weighted by molar-refractivity contribution is -0.134. The van der Waals surface area contributed by atoms with Crippen molar-refractivity contribution >= 4 is 40.2 Å². The Morgan fingerprint density at radius 2 is 1.83 bits per heavy atom. The lowest BCUT2D eigenvalue weighted by Gasteiger charge is -2.15. The van der Waals surface area contributed by atoms with Crippen molar-refractivity contribution in [3.8, 4) is 0 Å². The molecule has 2 aromatic rings. The van der Waals surface area contributed by atoms with E-state index in [1.165, 1.54) is 0 Å². The molecule has 0 radical (unpaired) electrons. The third-order valence-corrected chi connectivity index (χ3v) is 4.16. The fourth-order valence-electron chi connectivity index (χ4n) is 2.51. The van der Waals surface area contributed by atoms with Crippen molar-refractivity contribution in [2.24, 2.45) is 4.99 Å². The van der Waals surface area contributed by atoms with Crippen LogP contribution in [0.25, 0.3) is 0 Å². The minimum atomic E-state index is -4.37. The molecule has 0 saturated carbocycles. The van der Waals surface area contributed by atoms with E-state index in [1.807, 2.05) is 6.07 Å². The molecule has 0 aromatic heterocycles. The van der Waals surface area contributed by atoms with Crippen LogP contribution in [0.4, 0.5) is 18.9 Å². The molecule has 1 N–H and O–H groups in total. The molecule has 1 aliphatic heterocycles. The number of thiocarbonyl (C=S) groups is 1. The van der Waals surface area contributed by atoms with Crippen LogP contribution >= 0.6 is 23.8 Å². The SMILES string of the molecule is FC(F)(F)CC1N=C(c2ccccc2)c2cc(Cl)ccc2NC1=S. The number of nitrogens with zero attached hydrogens (tertiary/aromatic N) is 1. The second-order valence-corrected chi connectivity index (χ2v) is 6.23. The first-order chi connectivity index (χ1) is 11.3. The van der Waals surface area contributed by atoms with E-state index in [0.717, 1.165) is 0 Å². The normalized spacial score (nSPS) is 17.6. The molecule has 7 heteroatoms. The number of halogens is 4. The van der Waals surface area contributed by atoms with Crippen LogP contribution < -0.4 is 5.32 Å². The average molecular weight is 369 g/mol. The van der Waals surface area contributed by atoms with Gasteiger partial charge in [-0.2, -0.15) is 13.2 Å². The molecule has 0 aliphatic carbocycles. The molecule has 0 amide bonds. The van der Waals surface area contributed by atoms with Gasteiger partial charge < -0.3 is 5.32 Å². The number of nitrogens with one attached hydrogen (secondary N) is 1. The van der Waals surface area contributed by atoms with Gasteiger partial charge in [0.2, 0.25) is 0 Å². The summed E-state index contributed by atoms with van der Waals surface area (Å²) in [6.45, 7) is 0. The molecule has 1 atom stereocenters. The Morgan fingerprint density at radius 1 is 1.12 bits per heavy atom. The summed E-state index contributed by atoms with van der Waals surface area (Å²) in [7, 11) is 0. The van der Waals surface area contributed by atoms with E-state index >= 15 is 0 Å². The van der Waals surface area contributed by atoms with Crippen LogP contribution in [-0.2, 0) is 0 Å². The van der Waals surface area contributed by atoms with Gasteiger partial charge in [-0.15, -0.1) is 0 Å². The van der Waals surface area contributed by atoms with E-state index in [9.17, 15) is 13.2 Å². The first-order valence-corrected chi connectivity index (χ1v) is 7.93. The minimum Gasteiger partial charge on any atom is -0.348 e. The van der Waals surface area contributed by atoms with Crippen LogP contribution in [0.2, 0.25) is 5.02 Å². The number of fused-ring (bicyclic) bond motifs is 1. The summed E-state index contributed by atoms with van der Waals surface area (Å²) in [6.07, 6.45) is -5.48. The Kier molecular flexibility index (Phi) is 4.60. The van der Waals surface area contributed by atoms with E-state index in [4.69, 9.17) is 23.8 Å². The quantitative estimate of drug-likeness (QED) is 0.732. The number of alkyl halides is 3. The van der Waals surface area contributed by atoms with Gasteiger partial charge in [0.15, 0.2) is 0 Å². The summed E-state index contributed by atoms with van der Waals surface area (Å²) in [5, 5.41) is 3.35. The number of benzene rings is 2. The third-order valence-electron chi connectivity index (χ3n) is 3.55. The van der Waals surface area contributed by atoms with E-state index in [-0.39, 0.29) is 4.99 Å². The zero-order valence-electron chi connectivity index (χ0n) is 12.3. The summed E-state index contributed by atoms with van der Waals surface area (Å²) < 4.78 is 38.7. The molecule has 2 aromatic carbocycles. The first kappa shape index (κ1) is 16.9. The van der Waals surface area contributed by atoms with Gasteiger partial charge >= 0.3 is 6.18 Å². The molecule has 2 nitrogen and oxygen atoms in total. The largest absolute Gasteiger partial charge is 0.391 e. The van der Waals surface area contributed by atoms with Crippen molar-refractivity contribution < 1.29 is 13.2 Å². The van der Waals surface area contributed by atoms with Gasteiger partial charge in [-0.25, -0.2) is 0 Å². The number of hydrogen-bond acceptors (Lipinski definition) is 2. The first-order valence-electron chi connectivity index (χ1n) is 7.14. The monoisotopic (exact) mass is 368 g/mol. The van der Waals surface area contributed by atoms with Crippen molar-refractivity contribution in [2.75, 3.05) is 5.32 Å². The Balaban J connectivity index is 2.16. The van der Waals surface area contributed by atoms with Crippen molar-refractivity contribution in [1.29, 1.82) is 0 Å². The molecule has 24 heavy (non-hydrogen) atoms.